The van der Waals surface area contributed by atoms with Crippen LogP contribution in [0.15, 0.2) is 28.8 Å². The number of piperazine rings is 1. The van der Waals surface area contributed by atoms with Crippen LogP contribution in [0.5, 0.6) is 0 Å². The number of methoxy groups -OCH3 is 1. The molecule has 2 aromatic rings. The summed E-state index contributed by atoms with van der Waals surface area (Å²) in [5.74, 6) is 0.778. The Labute approximate surface area is 187 Å². The molecule has 0 bridgehead atoms. The van der Waals surface area contributed by atoms with Gasteiger partial charge in [-0.2, -0.15) is 4.98 Å². The third-order valence-electron chi connectivity index (χ3n) is 5.35. The minimum atomic E-state index is -0.592. The van der Waals surface area contributed by atoms with Crippen molar-refractivity contribution in [3.05, 3.63) is 46.6 Å². The number of carbonyl (C=O) groups is 2. The number of aryl methyl sites for hydroxylation is 1. The van der Waals surface area contributed by atoms with E-state index in [0.29, 0.717) is 61.3 Å². The standard InChI is InChI=1S/C22H29ClN4O4/c1-22(2,3)21-24-17(31-25-21)9-10-18(28)26-11-13-27(14-12-26)19(20(29)30-4)15-7-5-6-8-16(15)23/h5-8,19H,9-14H2,1-4H3. The minimum Gasteiger partial charge on any atom is -0.468 e. The number of carbonyl (C=O) groups excluding carboxylic acids is 2. The monoisotopic (exact) mass is 448 g/mol. The number of rotatable bonds is 6. The Kier molecular flexibility index (Phi) is 7.33. The van der Waals surface area contributed by atoms with Gasteiger partial charge >= 0.3 is 5.97 Å². The number of halogens is 1. The second-order valence-corrected chi connectivity index (χ2v) is 9.03. The van der Waals surface area contributed by atoms with Crippen molar-refractivity contribution in [1.82, 2.24) is 19.9 Å². The van der Waals surface area contributed by atoms with Gasteiger partial charge in [0.25, 0.3) is 0 Å². The number of esters is 1. The highest BCUT2D eigenvalue weighted by molar-refractivity contribution is 6.31. The summed E-state index contributed by atoms with van der Waals surface area (Å²) in [4.78, 5) is 33.3. The number of hydrogen-bond acceptors (Lipinski definition) is 7. The van der Waals surface area contributed by atoms with E-state index in [2.05, 4.69) is 10.1 Å². The highest BCUT2D eigenvalue weighted by atomic mass is 35.5. The smallest absolute Gasteiger partial charge is 0.327 e. The summed E-state index contributed by atoms with van der Waals surface area (Å²) in [7, 11) is 1.37. The van der Waals surface area contributed by atoms with Crippen LogP contribution >= 0.6 is 11.6 Å². The maximum Gasteiger partial charge on any atom is 0.327 e. The molecule has 31 heavy (non-hydrogen) atoms. The van der Waals surface area contributed by atoms with Crippen molar-refractivity contribution < 1.29 is 18.8 Å². The molecule has 0 radical (unpaired) electrons. The summed E-state index contributed by atoms with van der Waals surface area (Å²) in [5.41, 5.74) is 0.516. The van der Waals surface area contributed by atoms with E-state index in [9.17, 15) is 9.59 Å². The zero-order valence-electron chi connectivity index (χ0n) is 18.4. The van der Waals surface area contributed by atoms with Crippen LogP contribution in [0.4, 0.5) is 0 Å². The third kappa shape index (κ3) is 5.62. The molecular formula is C22H29ClN4O4. The molecule has 1 unspecified atom stereocenters. The summed E-state index contributed by atoms with van der Waals surface area (Å²) in [5, 5.41) is 4.51. The summed E-state index contributed by atoms with van der Waals surface area (Å²) < 4.78 is 10.3. The molecule has 1 atom stereocenters. The van der Waals surface area contributed by atoms with Gasteiger partial charge in [-0.25, -0.2) is 4.79 Å². The quantitative estimate of drug-likeness (QED) is 0.627. The van der Waals surface area contributed by atoms with Crippen LogP contribution < -0.4 is 0 Å². The number of benzene rings is 1. The molecule has 2 heterocycles. The van der Waals surface area contributed by atoms with Gasteiger partial charge in [-0.3, -0.25) is 9.69 Å². The summed E-state index contributed by atoms with van der Waals surface area (Å²) in [6.07, 6.45) is 0.712. The number of aromatic nitrogens is 2. The number of amides is 1. The molecule has 0 saturated carbocycles. The predicted molar refractivity (Wildman–Crippen MR) is 116 cm³/mol. The van der Waals surface area contributed by atoms with E-state index in [-0.39, 0.29) is 17.3 Å². The van der Waals surface area contributed by atoms with Crippen molar-refractivity contribution >= 4 is 23.5 Å². The van der Waals surface area contributed by atoms with Crippen molar-refractivity contribution in [3.8, 4) is 0 Å². The number of ether oxygens (including phenoxy) is 1. The topological polar surface area (TPSA) is 88.8 Å². The molecule has 8 nitrogen and oxygen atoms in total. The van der Waals surface area contributed by atoms with Crippen LogP contribution in [0, 0.1) is 0 Å². The van der Waals surface area contributed by atoms with E-state index >= 15 is 0 Å². The Hall–Kier alpha value is -2.45. The van der Waals surface area contributed by atoms with E-state index in [0.717, 1.165) is 0 Å². The normalized spacial score (nSPS) is 16.2. The summed E-state index contributed by atoms with van der Waals surface area (Å²) in [6.45, 7) is 8.17. The Balaban J connectivity index is 1.57. The van der Waals surface area contributed by atoms with E-state index < -0.39 is 6.04 Å². The molecule has 1 aliphatic heterocycles. The van der Waals surface area contributed by atoms with E-state index in [1.807, 2.05) is 43.9 Å². The van der Waals surface area contributed by atoms with Gasteiger partial charge in [0.05, 0.1) is 7.11 Å². The van der Waals surface area contributed by atoms with Crippen LogP contribution in [-0.2, 0) is 26.2 Å². The lowest BCUT2D eigenvalue weighted by Gasteiger charge is -2.38. The second-order valence-electron chi connectivity index (χ2n) is 8.63. The van der Waals surface area contributed by atoms with Crippen LogP contribution in [0.25, 0.3) is 0 Å². The van der Waals surface area contributed by atoms with Crippen molar-refractivity contribution in [2.24, 2.45) is 0 Å². The fourth-order valence-corrected chi connectivity index (χ4v) is 3.78. The van der Waals surface area contributed by atoms with E-state index in [4.69, 9.17) is 20.9 Å². The van der Waals surface area contributed by atoms with E-state index in [1.54, 1.807) is 11.0 Å². The highest BCUT2D eigenvalue weighted by Crippen LogP contribution is 2.29. The number of nitrogens with zero attached hydrogens (tertiary/aromatic N) is 4. The molecule has 1 aromatic carbocycles. The van der Waals surface area contributed by atoms with Crippen molar-refractivity contribution in [1.29, 1.82) is 0 Å². The molecule has 168 valence electrons. The molecular weight excluding hydrogens is 420 g/mol. The van der Waals surface area contributed by atoms with Gasteiger partial charge in [0, 0.05) is 49.5 Å². The summed E-state index contributed by atoms with van der Waals surface area (Å²) >= 11 is 6.33. The predicted octanol–water partition coefficient (Wildman–Crippen LogP) is 3.01. The van der Waals surface area contributed by atoms with Crippen LogP contribution in [0.1, 0.15) is 50.5 Å². The van der Waals surface area contributed by atoms with Gasteiger partial charge in [-0.15, -0.1) is 0 Å². The van der Waals surface area contributed by atoms with Gasteiger partial charge in [-0.1, -0.05) is 55.7 Å². The molecule has 0 spiro atoms. The average molecular weight is 449 g/mol. The fraction of sp³-hybridized carbons (Fsp3) is 0.545. The first-order valence-corrected chi connectivity index (χ1v) is 10.8. The Bertz CT molecular complexity index is 916. The molecule has 3 rings (SSSR count). The highest BCUT2D eigenvalue weighted by Gasteiger charge is 2.33. The maximum atomic E-state index is 12.7. The van der Waals surface area contributed by atoms with Gasteiger partial charge in [0.15, 0.2) is 5.82 Å². The third-order valence-corrected chi connectivity index (χ3v) is 5.69. The average Bonchev–Trinajstić information content (AvgIpc) is 3.23. The van der Waals surface area contributed by atoms with Gasteiger partial charge < -0.3 is 14.2 Å². The molecule has 1 saturated heterocycles. The van der Waals surface area contributed by atoms with Crippen LogP contribution in [-0.4, -0.2) is 65.1 Å². The van der Waals surface area contributed by atoms with Crippen LogP contribution in [0.3, 0.4) is 0 Å². The Morgan fingerprint density at radius 1 is 1.19 bits per heavy atom. The first kappa shape index (κ1) is 23.2. The molecule has 1 amide bonds. The SMILES string of the molecule is COC(=O)C(c1ccccc1Cl)N1CCN(C(=O)CCc2nc(C(C)(C)C)no2)CC1. The maximum absolute atomic E-state index is 12.7. The largest absolute Gasteiger partial charge is 0.468 e. The zero-order chi connectivity index (χ0) is 22.6. The number of hydrogen-bond donors (Lipinski definition) is 0. The molecule has 1 aliphatic rings. The minimum absolute atomic E-state index is 0.0301. The van der Waals surface area contributed by atoms with Gasteiger partial charge in [0.1, 0.15) is 6.04 Å². The first-order chi connectivity index (χ1) is 14.7. The van der Waals surface area contributed by atoms with Crippen molar-refractivity contribution in [2.45, 2.75) is 45.1 Å². The van der Waals surface area contributed by atoms with E-state index in [1.165, 1.54) is 7.11 Å². The Morgan fingerprint density at radius 3 is 2.45 bits per heavy atom. The van der Waals surface area contributed by atoms with Crippen molar-refractivity contribution in [2.75, 3.05) is 33.3 Å². The lowest BCUT2D eigenvalue weighted by Crippen LogP contribution is -2.51. The molecule has 0 aliphatic carbocycles. The molecule has 0 N–H and O–H groups in total. The Morgan fingerprint density at radius 2 is 1.87 bits per heavy atom. The van der Waals surface area contributed by atoms with Crippen LogP contribution in [0.2, 0.25) is 5.02 Å². The fourth-order valence-electron chi connectivity index (χ4n) is 3.54. The zero-order valence-corrected chi connectivity index (χ0v) is 19.2. The lowest BCUT2D eigenvalue weighted by molar-refractivity contribution is -0.148. The van der Waals surface area contributed by atoms with Gasteiger partial charge in [0.2, 0.25) is 11.8 Å². The molecule has 1 aromatic heterocycles. The van der Waals surface area contributed by atoms with Crippen molar-refractivity contribution in [3.63, 3.8) is 0 Å². The van der Waals surface area contributed by atoms with Gasteiger partial charge in [-0.05, 0) is 11.6 Å². The lowest BCUT2D eigenvalue weighted by atomic mass is 9.96. The molecule has 1 fully saturated rings. The second kappa shape index (κ2) is 9.78. The first-order valence-electron chi connectivity index (χ1n) is 10.4. The molecule has 9 heteroatoms. The summed E-state index contributed by atoms with van der Waals surface area (Å²) in [6, 6.07) is 6.67.